The summed E-state index contributed by atoms with van der Waals surface area (Å²) in [7, 11) is 0. The molecule has 2 N–H and O–H groups in total. The standard InChI is InChI=1S/C16H21Cl2NO/c1-16(2)10-6-9(7-11(10)16)19-8-14(20)15-12(17)4-3-5-13(15)18/h3-5,9-11,14,19-20H,6-8H2,1-2H3/t9-,10+,11-,14?. The average Bonchev–Trinajstić information content (AvgIpc) is 2.78. The van der Waals surface area contributed by atoms with Crippen LogP contribution < -0.4 is 5.32 Å². The van der Waals surface area contributed by atoms with Crippen LogP contribution in [0.25, 0.3) is 0 Å². The summed E-state index contributed by atoms with van der Waals surface area (Å²) < 4.78 is 0. The maximum absolute atomic E-state index is 10.3. The van der Waals surface area contributed by atoms with Gasteiger partial charge >= 0.3 is 0 Å². The number of hydrogen-bond acceptors (Lipinski definition) is 2. The van der Waals surface area contributed by atoms with Gasteiger partial charge in [0.25, 0.3) is 0 Å². The maximum Gasteiger partial charge on any atom is 0.0943 e. The van der Waals surface area contributed by atoms with Crippen LogP contribution in [0.1, 0.15) is 38.4 Å². The Morgan fingerprint density at radius 3 is 2.35 bits per heavy atom. The van der Waals surface area contributed by atoms with Crippen molar-refractivity contribution in [3.63, 3.8) is 0 Å². The highest BCUT2D eigenvalue weighted by Crippen LogP contribution is 2.66. The van der Waals surface area contributed by atoms with Gasteiger partial charge in [-0.1, -0.05) is 43.1 Å². The van der Waals surface area contributed by atoms with Gasteiger partial charge in [-0.2, -0.15) is 0 Å². The van der Waals surface area contributed by atoms with Gasteiger partial charge in [0.15, 0.2) is 0 Å². The van der Waals surface area contributed by atoms with Gasteiger partial charge in [0, 0.05) is 28.2 Å². The van der Waals surface area contributed by atoms with Gasteiger partial charge in [-0.25, -0.2) is 0 Å². The third-order valence-corrected chi connectivity index (χ3v) is 5.96. The molecule has 1 unspecified atom stereocenters. The summed E-state index contributed by atoms with van der Waals surface area (Å²) >= 11 is 12.2. The van der Waals surface area contributed by atoms with Crippen LogP contribution in [0.15, 0.2) is 18.2 Å². The molecule has 110 valence electrons. The molecule has 2 nitrogen and oxygen atoms in total. The Morgan fingerprint density at radius 2 is 1.80 bits per heavy atom. The summed E-state index contributed by atoms with van der Waals surface area (Å²) in [6, 6.07) is 5.84. The van der Waals surface area contributed by atoms with Crippen molar-refractivity contribution in [2.75, 3.05) is 6.54 Å². The van der Waals surface area contributed by atoms with E-state index in [-0.39, 0.29) is 0 Å². The lowest BCUT2D eigenvalue weighted by molar-refractivity contribution is 0.168. The van der Waals surface area contributed by atoms with Crippen molar-refractivity contribution in [2.24, 2.45) is 17.3 Å². The zero-order valence-corrected chi connectivity index (χ0v) is 13.4. The van der Waals surface area contributed by atoms with Crippen molar-refractivity contribution >= 4 is 23.2 Å². The molecule has 4 heteroatoms. The number of fused-ring (bicyclic) bond motifs is 1. The van der Waals surface area contributed by atoms with Gasteiger partial charge in [0.2, 0.25) is 0 Å². The molecule has 0 saturated heterocycles. The summed E-state index contributed by atoms with van der Waals surface area (Å²) in [6.07, 6.45) is 1.79. The van der Waals surface area contributed by atoms with Crippen molar-refractivity contribution in [2.45, 2.75) is 38.8 Å². The van der Waals surface area contributed by atoms with Crippen molar-refractivity contribution < 1.29 is 5.11 Å². The van der Waals surface area contributed by atoms with E-state index in [1.807, 2.05) is 0 Å². The molecular formula is C16H21Cl2NO. The van der Waals surface area contributed by atoms with Gasteiger partial charge in [0.05, 0.1) is 6.10 Å². The monoisotopic (exact) mass is 313 g/mol. The number of hydrogen-bond donors (Lipinski definition) is 2. The van der Waals surface area contributed by atoms with E-state index in [2.05, 4.69) is 19.2 Å². The molecule has 0 radical (unpaired) electrons. The highest BCUT2D eigenvalue weighted by Gasteiger charge is 2.61. The lowest BCUT2D eigenvalue weighted by Crippen LogP contribution is -2.33. The molecule has 0 spiro atoms. The molecule has 4 atom stereocenters. The number of aliphatic hydroxyl groups is 1. The molecule has 2 aliphatic carbocycles. The molecule has 2 fully saturated rings. The van der Waals surface area contributed by atoms with Crippen molar-refractivity contribution in [1.82, 2.24) is 5.32 Å². The fourth-order valence-corrected chi connectivity index (χ4v) is 4.53. The van der Waals surface area contributed by atoms with Crippen molar-refractivity contribution in [3.8, 4) is 0 Å². The molecule has 0 heterocycles. The van der Waals surface area contributed by atoms with Crippen molar-refractivity contribution in [1.29, 1.82) is 0 Å². The normalized spacial score (nSPS) is 31.9. The first-order valence-electron chi connectivity index (χ1n) is 7.26. The van der Waals surface area contributed by atoms with Gasteiger partial charge in [-0.3, -0.25) is 0 Å². The Hall–Kier alpha value is -0.280. The Kier molecular flexibility index (Phi) is 3.79. The van der Waals surface area contributed by atoms with Crippen LogP contribution in [0.2, 0.25) is 10.0 Å². The molecule has 3 rings (SSSR count). The van der Waals surface area contributed by atoms with E-state index in [0.29, 0.717) is 33.6 Å². The molecule has 0 amide bonds. The Labute approximate surface area is 130 Å². The van der Waals surface area contributed by atoms with Gasteiger partial charge in [0.1, 0.15) is 0 Å². The van der Waals surface area contributed by atoms with Crippen LogP contribution in [0, 0.1) is 17.3 Å². The molecule has 1 aromatic carbocycles. The van der Waals surface area contributed by atoms with Crippen LogP contribution in [-0.4, -0.2) is 17.7 Å². The van der Waals surface area contributed by atoms with Crippen LogP contribution in [0.5, 0.6) is 0 Å². The number of rotatable bonds is 4. The number of aliphatic hydroxyl groups excluding tert-OH is 1. The first-order chi connectivity index (χ1) is 9.41. The summed E-state index contributed by atoms with van der Waals surface area (Å²) in [5, 5.41) is 14.8. The third-order valence-electron chi connectivity index (χ3n) is 5.30. The topological polar surface area (TPSA) is 32.3 Å². The minimum atomic E-state index is -0.652. The predicted octanol–water partition coefficient (Wildman–Crippen LogP) is 4.05. The molecule has 2 aliphatic rings. The van der Waals surface area contributed by atoms with E-state index in [9.17, 15) is 5.11 Å². The van der Waals surface area contributed by atoms with E-state index in [1.165, 1.54) is 12.8 Å². The second kappa shape index (κ2) is 5.17. The summed E-state index contributed by atoms with van der Waals surface area (Å²) in [5.74, 6) is 1.72. The van der Waals surface area contributed by atoms with Crippen LogP contribution >= 0.6 is 23.2 Å². The minimum absolute atomic E-state index is 0.508. The number of halogens is 2. The second-order valence-electron chi connectivity index (χ2n) is 6.76. The summed E-state index contributed by atoms with van der Waals surface area (Å²) in [5.41, 5.74) is 1.18. The Bertz CT molecular complexity index is 483. The first-order valence-corrected chi connectivity index (χ1v) is 8.02. The summed E-state index contributed by atoms with van der Waals surface area (Å²) in [4.78, 5) is 0. The average molecular weight is 314 g/mol. The zero-order valence-electron chi connectivity index (χ0n) is 11.9. The van der Waals surface area contributed by atoms with Gasteiger partial charge in [-0.05, 0) is 42.2 Å². The highest BCUT2D eigenvalue weighted by atomic mass is 35.5. The predicted molar refractivity (Wildman–Crippen MR) is 83.2 cm³/mol. The van der Waals surface area contributed by atoms with Crippen LogP contribution in [0.4, 0.5) is 0 Å². The van der Waals surface area contributed by atoms with E-state index >= 15 is 0 Å². The molecular weight excluding hydrogens is 293 g/mol. The molecule has 2 saturated carbocycles. The quantitative estimate of drug-likeness (QED) is 0.879. The maximum atomic E-state index is 10.3. The summed E-state index contributed by atoms with van der Waals surface area (Å²) in [6.45, 7) is 5.22. The zero-order chi connectivity index (χ0) is 14.5. The first kappa shape index (κ1) is 14.6. The van der Waals surface area contributed by atoms with Gasteiger partial charge < -0.3 is 10.4 Å². The Morgan fingerprint density at radius 1 is 1.25 bits per heavy atom. The van der Waals surface area contributed by atoms with E-state index in [4.69, 9.17) is 23.2 Å². The number of benzene rings is 1. The third kappa shape index (κ3) is 2.48. The van der Waals surface area contributed by atoms with Gasteiger partial charge in [-0.15, -0.1) is 0 Å². The number of nitrogens with one attached hydrogen (secondary N) is 1. The van der Waals surface area contributed by atoms with Crippen LogP contribution in [-0.2, 0) is 0 Å². The van der Waals surface area contributed by atoms with E-state index in [1.54, 1.807) is 18.2 Å². The lowest BCUT2D eigenvalue weighted by Gasteiger charge is -2.21. The van der Waals surface area contributed by atoms with E-state index < -0.39 is 6.10 Å². The minimum Gasteiger partial charge on any atom is -0.387 e. The largest absolute Gasteiger partial charge is 0.387 e. The Balaban J connectivity index is 1.55. The molecule has 0 aromatic heterocycles. The molecule has 0 bridgehead atoms. The molecule has 20 heavy (non-hydrogen) atoms. The highest BCUT2D eigenvalue weighted by molar-refractivity contribution is 6.36. The fourth-order valence-electron chi connectivity index (χ4n) is 3.88. The smallest absolute Gasteiger partial charge is 0.0943 e. The SMILES string of the molecule is CC1(C)[C@@H]2C[C@H](NCC(O)c3c(Cl)cccc3Cl)C[C@@H]21. The molecule has 1 aromatic rings. The second-order valence-corrected chi connectivity index (χ2v) is 7.58. The van der Waals surface area contributed by atoms with Crippen LogP contribution in [0.3, 0.4) is 0 Å². The lowest BCUT2D eigenvalue weighted by atomic mass is 9.97. The molecule has 0 aliphatic heterocycles. The fraction of sp³-hybridized carbons (Fsp3) is 0.625. The van der Waals surface area contributed by atoms with E-state index in [0.717, 1.165) is 11.8 Å². The van der Waals surface area contributed by atoms with Crippen molar-refractivity contribution in [3.05, 3.63) is 33.8 Å².